The first-order valence-electron chi connectivity index (χ1n) is 6.53. The van der Waals surface area contributed by atoms with Gasteiger partial charge in [-0.3, -0.25) is 4.79 Å². The van der Waals surface area contributed by atoms with Crippen LogP contribution in [0, 0.1) is 11.6 Å². The maximum Gasteiger partial charge on any atom is 0.338 e. The van der Waals surface area contributed by atoms with Crippen molar-refractivity contribution in [3.05, 3.63) is 64.7 Å². The average Bonchev–Trinajstić information content (AvgIpc) is 3.02. The van der Waals surface area contributed by atoms with Crippen LogP contribution in [0.3, 0.4) is 0 Å². The van der Waals surface area contributed by atoms with Gasteiger partial charge < -0.3 is 4.74 Å². The molecule has 1 aromatic heterocycles. The molecule has 0 aliphatic heterocycles. The molecule has 23 heavy (non-hydrogen) atoms. The fourth-order valence-electron chi connectivity index (χ4n) is 1.95. The number of carbonyl (C=O) groups excluding carboxylic acids is 2. The van der Waals surface area contributed by atoms with Gasteiger partial charge in [-0.1, -0.05) is 0 Å². The largest absolute Gasteiger partial charge is 0.454 e. The van der Waals surface area contributed by atoms with Crippen LogP contribution in [0.2, 0.25) is 0 Å². The van der Waals surface area contributed by atoms with Crippen molar-refractivity contribution in [1.82, 2.24) is 4.98 Å². The maximum atomic E-state index is 13.1. The van der Waals surface area contributed by atoms with Gasteiger partial charge >= 0.3 is 5.97 Å². The van der Waals surface area contributed by atoms with Gasteiger partial charge in [-0.15, -0.1) is 11.3 Å². The molecular formula is C16H9F2NO3S. The Labute approximate surface area is 133 Å². The Kier molecular flexibility index (Phi) is 4.12. The third-order valence-corrected chi connectivity index (χ3v) is 3.93. The Hall–Kier alpha value is -2.67. The zero-order chi connectivity index (χ0) is 16.4. The lowest BCUT2D eigenvalue weighted by Crippen LogP contribution is -2.14. The molecule has 0 saturated heterocycles. The topological polar surface area (TPSA) is 56.3 Å². The molecule has 1 heterocycles. The summed E-state index contributed by atoms with van der Waals surface area (Å²) in [6, 6.07) is 7.61. The molecule has 0 radical (unpaired) electrons. The average molecular weight is 333 g/mol. The molecule has 3 aromatic rings. The molecule has 0 atom stereocenters. The second-order valence-electron chi connectivity index (χ2n) is 4.66. The van der Waals surface area contributed by atoms with E-state index in [0.29, 0.717) is 5.56 Å². The van der Waals surface area contributed by atoms with Crippen LogP contribution < -0.4 is 0 Å². The number of carbonyl (C=O) groups is 2. The van der Waals surface area contributed by atoms with E-state index in [1.165, 1.54) is 11.3 Å². The summed E-state index contributed by atoms with van der Waals surface area (Å²) in [7, 11) is 0. The highest BCUT2D eigenvalue weighted by molar-refractivity contribution is 7.16. The molecule has 0 amide bonds. The predicted molar refractivity (Wildman–Crippen MR) is 80.6 cm³/mol. The molecule has 3 rings (SSSR count). The van der Waals surface area contributed by atoms with Crippen LogP contribution in [0.5, 0.6) is 0 Å². The monoisotopic (exact) mass is 333 g/mol. The van der Waals surface area contributed by atoms with Gasteiger partial charge in [0.15, 0.2) is 24.0 Å². The zero-order valence-corrected chi connectivity index (χ0v) is 12.4. The van der Waals surface area contributed by atoms with E-state index in [4.69, 9.17) is 4.74 Å². The minimum absolute atomic E-state index is 0.0605. The third-order valence-electron chi connectivity index (χ3n) is 3.14. The summed E-state index contributed by atoms with van der Waals surface area (Å²) in [5, 5.41) is 0. The summed E-state index contributed by atoms with van der Waals surface area (Å²) in [5.74, 6) is -3.46. The Morgan fingerprint density at radius 2 is 1.83 bits per heavy atom. The summed E-state index contributed by atoms with van der Waals surface area (Å²) in [6.45, 7) is -0.551. The number of aromatic nitrogens is 1. The molecule has 116 valence electrons. The number of thiazole rings is 1. The van der Waals surface area contributed by atoms with Crippen molar-refractivity contribution in [3.8, 4) is 0 Å². The third kappa shape index (κ3) is 3.24. The normalized spacial score (nSPS) is 10.7. The molecule has 7 heteroatoms. The molecule has 4 nitrogen and oxygen atoms in total. The second-order valence-corrected chi connectivity index (χ2v) is 5.55. The fraction of sp³-hybridized carbons (Fsp3) is 0.0625. The van der Waals surface area contributed by atoms with Crippen molar-refractivity contribution >= 4 is 33.3 Å². The van der Waals surface area contributed by atoms with Crippen molar-refractivity contribution in [3.63, 3.8) is 0 Å². The Morgan fingerprint density at radius 1 is 1.04 bits per heavy atom. The highest BCUT2D eigenvalue weighted by Gasteiger charge is 2.14. The van der Waals surface area contributed by atoms with Gasteiger partial charge in [-0.05, 0) is 36.4 Å². The summed E-state index contributed by atoms with van der Waals surface area (Å²) in [4.78, 5) is 27.9. The van der Waals surface area contributed by atoms with E-state index in [1.54, 1.807) is 23.7 Å². The predicted octanol–water partition coefficient (Wildman–Crippen LogP) is 3.61. The molecule has 0 aliphatic carbocycles. The number of rotatable bonds is 4. The lowest BCUT2D eigenvalue weighted by molar-refractivity contribution is 0.0475. The van der Waals surface area contributed by atoms with E-state index in [2.05, 4.69) is 4.98 Å². The molecule has 0 spiro atoms. The standard InChI is InChI=1S/C16H9F2NO3S/c17-11-3-1-9(5-12(11)18)14(20)7-22-16(21)10-2-4-13-15(6-10)23-8-19-13/h1-6,8H,7H2. The van der Waals surface area contributed by atoms with Crippen LogP contribution in [-0.4, -0.2) is 23.3 Å². The van der Waals surface area contributed by atoms with Crippen molar-refractivity contribution in [2.75, 3.05) is 6.61 Å². The first-order chi connectivity index (χ1) is 11.0. The van der Waals surface area contributed by atoms with Gasteiger partial charge in [0, 0.05) is 5.56 Å². The quantitative estimate of drug-likeness (QED) is 0.540. The number of ketones is 1. The van der Waals surface area contributed by atoms with Gasteiger partial charge in [0.1, 0.15) is 0 Å². The van der Waals surface area contributed by atoms with Crippen LogP contribution in [0.1, 0.15) is 20.7 Å². The zero-order valence-electron chi connectivity index (χ0n) is 11.6. The molecule has 0 aliphatic rings. The van der Waals surface area contributed by atoms with E-state index in [-0.39, 0.29) is 5.56 Å². The van der Waals surface area contributed by atoms with Gasteiger partial charge in [0.25, 0.3) is 0 Å². The first-order valence-corrected chi connectivity index (χ1v) is 7.41. The lowest BCUT2D eigenvalue weighted by Gasteiger charge is -2.05. The van der Waals surface area contributed by atoms with Crippen LogP contribution in [0.25, 0.3) is 10.2 Å². The molecule has 2 aromatic carbocycles. The number of fused-ring (bicyclic) bond motifs is 1. The number of hydrogen-bond donors (Lipinski definition) is 0. The number of ether oxygens (including phenoxy) is 1. The van der Waals surface area contributed by atoms with E-state index in [9.17, 15) is 18.4 Å². The summed E-state index contributed by atoms with van der Waals surface area (Å²) < 4.78 is 31.6. The van der Waals surface area contributed by atoms with Crippen molar-refractivity contribution < 1.29 is 23.1 Å². The van der Waals surface area contributed by atoms with Crippen molar-refractivity contribution in [2.24, 2.45) is 0 Å². The fourth-order valence-corrected chi connectivity index (χ4v) is 2.67. The summed E-state index contributed by atoms with van der Waals surface area (Å²) >= 11 is 1.38. The minimum Gasteiger partial charge on any atom is -0.454 e. The highest BCUT2D eigenvalue weighted by atomic mass is 32.1. The number of Topliss-reactive ketones (excluding diaryl/α,β-unsaturated/α-hetero) is 1. The molecule has 0 bridgehead atoms. The van der Waals surface area contributed by atoms with Gasteiger partial charge in [0.05, 0.1) is 21.3 Å². The SMILES string of the molecule is O=C(COC(=O)c1ccc2ncsc2c1)c1ccc(F)c(F)c1. The second kappa shape index (κ2) is 6.21. The first kappa shape index (κ1) is 15.2. The number of halogens is 2. The van der Waals surface area contributed by atoms with Crippen LogP contribution in [-0.2, 0) is 4.74 Å². The van der Waals surface area contributed by atoms with Crippen molar-refractivity contribution in [2.45, 2.75) is 0 Å². The van der Waals surface area contributed by atoms with E-state index in [1.807, 2.05) is 0 Å². The van der Waals surface area contributed by atoms with Crippen LogP contribution >= 0.6 is 11.3 Å². The lowest BCUT2D eigenvalue weighted by atomic mass is 10.1. The van der Waals surface area contributed by atoms with E-state index >= 15 is 0 Å². The summed E-state index contributed by atoms with van der Waals surface area (Å²) in [5.41, 5.74) is 2.66. The number of nitrogens with zero attached hydrogens (tertiary/aromatic N) is 1. The summed E-state index contributed by atoms with van der Waals surface area (Å²) in [6.07, 6.45) is 0. The molecule has 0 unspecified atom stereocenters. The smallest absolute Gasteiger partial charge is 0.338 e. The van der Waals surface area contributed by atoms with Gasteiger partial charge in [-0.2, -0.15) is 0 Å². The minimum atomic E-state index is -1.13. The van der Waals surface area contributed by atoms with E-state index in [0.717, 1.165) is 28.4 Å². The number of esters is 1. The molecule has 0 saturated carbocycles. The molecule has 0 N–H and O–H groups in total. The Bertz CT molecular complexity index is 907. The van der Waals surface area contributed by atoms with Gasteiger partial charge in [0.2, 0.25) is 0 Å². The number of hydrogen-bond acceptors (Lipinski definition) is 5. The molecule has 0 fully saturated rings. The van der Waals surface area contributed by atoms with E-state index < -0.39 is 30.0 Å². The highest BCUT2D eigenvalue weighted by Crippen LogP contribution is 2.19. The van der Waals surface area contributed by atoms with Crippen LogP contribution in [0.4, 0.5) is 8.78 Å². The number of benzene rings is 2. The van der Waals surface area contributed by atoms with Crippen LogP contribution in [0.15, 0.2) is 41.9 Å². The van der Waals surface area contributed by atoms with Crippen molar-refractivity contribution in [1.29, 1.82) is 0 Å². The maximum absolute atomic E-state index is 13.1. The molecular weight excluding hydrogens is 324 g/mol. The Morgan fingerprint density at radius 3 is 2.61 bits per heavy atom. The van der Waals surface area contributed by atoms with Gasteiger partial charge in [-0.25, -0.2) is 18.6 Å². The Balaban J connectivity index is 1.68.